The maximum atomic E-state index is 12.4. The van der Waals surface area contributed by atoms with Crippen molar-refractivity contribution in [3.8, 4) is 0 Å². The Morgan fingerprint density at radius 2 is 1.95 bits per heavy atom. The lowest BCUT2D eigenvalue weighted by atomic mass is 9.91. The average Bonchev–Trinajstić information content (AvgIpc) is 2.53. The molecule has 2 rings (SSSR count). The minimum absolute atomic E-state index is 0.169. The normalized spacial score (nSPS) is 20.2. The van der Waals surface area contributed by atoms with E-state index in [1.54, 1.807) is 0 Å². The van der Waals surface area contributed by atoms with Crippen LogP contribution in [-0.4, -0.2) is 50.0 Å². The molecule has 1 aromatic rings. The first-order chi connectivity index (χ1) is 10.4. The van der Waals surface area contributed by atoms with Gasteiger partial charge in [-0.3, -0.25) is 4.79 Å². The third-order valence-electron chi connectivity index (χ3n) is 4.13. The molecule has 0 aliphatic carbocycles. The van der Waals surface area contributed by atoms with E-state index in [-0.39, 0.29) is 11.7 Å². The second kappa shape index (κ2) is 7.35. The van der Waals surface area contributed by atoms with Crippen molar-refractivity contribution in [1.82, 2.24) is 8.61 Å². The molecular weight excluding hydrogens is 300 g/mol. The molecule has 0 bridgehead atoms. The van der Waals surface area contributed by atoms with Crippen LogP contribution in [0.1, 0.15) is 24.8 Å². The molecular formula is C16H24N2O3S. The predicted octanol–water partition coefficient (Wildman–Crippen LogP) is 1.71. The number of benzene rings is 1. The fourth-order valence-electron chi connectivity index (χ4n) is 2.76. The van der Waals surface area contributed by atoms with Gasteiger partial charge in [0, 0.05) is 39.5 Å². The molecule has 122 valence electrons. The number of hydrogen-bond acceptors (Lipinski definition) is 3. The summed E-state index contributed by atoms with van der Waals surface area (Å²) in [5.41, 5.74) is 1.14. The molecule has 22 heavy (non-hydrogen) atoms. The van der Waals surface area contributed by atoms with Crippen LogP contribution in [0, 0.1) is 5.92 Å². The fourth-order valence-corrected chi connectivity index (χ4v) is 3.95. The van der Waals surface area contributed by atoms with Gasteiger partial charge in [0.15, 0.2) is 0 Å². The van der Waals surface area contributed by atoms with Gasteiger partial charge in [-0.1, -0.05) is 30.3 Å². The van der Waals surface area contributed by atoms with Crippen LogP contribution in [-0.2, 0) is 21.4 Å². The number of ketones is 1. The standard InChI is InChI=1S/C16H24N2O3S/c1-17(2)22(20,21)18-12-6-9-15(13-18)16(19)11-10-14-7-4-3-5-8-14/h3-5,7-8,15H,6,9-13H2,1-2H3/t15-/m1/s1. The first-order valence-corrected chi connectivity index (χ1v) is 9.05. The Morgan fingerprint density at radius 1 is 1.27 bits per heavy atom. The van der Waals surface area contributed by atoms with Crippen molar-refractivity contribution >= 4 is 16.0 Å². The lowest BCUT2D eigenvalue weighted by Crippen LogP contribution is -2.47. The van der Waals surface area contributed by atoms with Crippen LogP contribution in [0.15, 0.2) is 30.3 Å². The van der Waals surface area contributed by atoms with Gasteiger partial charge in [-0.25, -0.2) is 0 Å². The molecule has 1 heterocycles. The Labute approximate surface area is 133 Å². The highest BCUT2D eigenvalue weighted by Gasteiger charge is 2.32. The number of rotatable bonds is 6. The number of hydrogen-bond donors (Lipinski definition) is 0. The molecule has 0 aromatic heterocycles. The van der Waals surface area contributed by atoms with Crippen LogP contribution >= 0.6 is 0 Å². The number of Topliss-reactive ketones (excluding diaryl/α,β-unsaturated/α-hetero) is 1. The molecule has 0 N–H and O–H groups in total. The number of nitrogens with zero attached hydrogens (tertiary/aromatic N) is 2. The predicted molar refractivity (Wildman–Crippen MR) is 86.7 cm³/mol. The topological polar surface area (TPSA) is 57.7 Å². The minimum atomic E-state index is -3.42. The minimum Gasteiger partial charge on any atom is -0.299 e. The Kier molecular flexibility index (Phi) is 5.72. The van der Waals surface area contributed by atoms with Gasteiger partial charge < -0.3 is 0 Å². The molecule has 0 radical (unpaired) electrons. The van der Waals surface area contributed by atoms with E-state index in [1.165, 1.54) is 22.7 Å². The third-order valence-corrected chi connectivity index (χ3v) is 6.04. The fraction of sp³-hybridized carbons (Fsp3) is 0.562. The zero-order chi connectivity index (χ0) is 16.2. The third kappa shape index (κ3) is 4.15. The van der Waals surface area contributed by atoms with Crippen molar-refractivity contribution in [2.75, 3.05) is 27.2 Å². The molecule has 0 amide bonds. The van der Waals surface area contributed by atoms with Gasteiger partial charge in [0.1, 0.15) is 5.78 Å². The van der Waals surface area contributed by atoms with Gasteiger partial charge >= 0.3 is 0 Å². The van der Waals surface area contributed by atoms with E-state index in [0.29, 0.717) is 19.5 Å². The van der Waals surface area contributed by atoms with Crippen molar-refractivity contribution in [1.29, 1.82) is 0 Å². The summed E-state index contributed by atoms with van der Waals surface area (Å²) in [6.45, 7) is 0.817. The lowest BCUT2D eigenvalue weighted by molar-refractivity contribution is -0.123. The summed E-state index contributed by atoms with van der Waals surface area (Å²) >= 11 is 0. The van der Waals surface area contributed by atoms with E-state index in [9.17, 15) is 13.2 Å². The van der Waals surface area contributed by atoms with Crippen LogP contribution < -0.4 is 0 Å². The smallest absolute Gasteiger partial charge is 0.281 e. The maximum absolute atomic E-state index is 12.4. The Bertz CT molecular complexity index is 599. The summed E-state index contributed by atoms with van der Waals surface area (Å²) < 4.78 is 27.0. The summed E-state index contributed by atoms with van der Waals surface area (Å²) in [6.07, 6.45) is 2.73. The zero-order valence-corrected chi connectivity index (χ0v) is 14.1. The molecule has 0 unspecified atom stereocenters. The highest BCUT2D eigenvalue weighted by molar-refractivity contribution is 7.86. The van der Waals surface area contributed by atoms with E-state index >= 15 is 0 Å². The first-order valence-electron chi connectivity index (χ1n) is 7.65. The number of carbonyl (C=O) groups is 1. The number of piperidine rings is 1. The second-order valence-corrected chi connectivity index (χ2v) is 8.08. The summed E-state index contributed by atoms with van der Waals surface area (Å²) in [4.78, 5) is 12.4. The first kappa shape index (κ1) is 17.1. The van der Waals surface area contributed by atoms with Gasteiger partial charge in [0.05, 0.1) is 0 Å². The van der Waals surface area contributed by atoms with Gasteiger partial charge in [0.2, 0.25) is 0 Å². The van der Waals surface area contributed by atoms with Gasteiger partial charge in [0.25, 0.3) is 10.2 Å². The molecule has 5 nitrogen and oxygen atoms in total. The number of aryl methyl sites for hydroxylation is 1. The molecule has 1 aliphatic rings. The van der Waals surface area contributed by atoms with Crippen LogP contribution in [0.25, 0.3) is 0 Å². The molecule has 0 saturated carbocycles. The quantitative estimate of drug-likeness (QED) is 0.800. The van der Waals surface area contributed by atoms with Crippen molar-refractivity contribution in [3.05, 3.63) is 35.9 Å². The van der Waals surface area contributed by atoms with Crippen molar-refractivity contribution in [2.45, 2.75) is 25.7 Å². The second-order valence-electron chi connectivity index (χ2n) is 5.94. The van der Waals surface area contributed by atoms with Gasteiger partial charge in [-0.2, -0.15) is 17.0 Å². The summed E-state index contributed by atoms with van der Waals surface area (Å²) in [5.74, 6) is -0.00491. The van der Waals surface area contributed by atoms with Crippen LogP contribution in [0.5, 0.6) is 0 Å². The van der Waals surface area contributed by atoms with E-state index in [4.69, 9.17) is 0 Å². The lowest BCUT2D eigenvalue weighted by Gasteiger charge is -2.32. The Hall–Kier alpha value is -1.24. The Balaban J connectivity index is 1.93. The highest BCUT2D eigenvalue weighted by atomic mass is 32.2. The maximum Gasteiger partial charge on any atom is 0.281 e. The van der Waals surface area contributed by atoms with Gasteiger partial charge in [-0.05, 0) is 24.8 Å². The van der Waals surface area contributed by atoms with Crippen LogP contribution in [0.3, 0.4) is 0 Å². The molecule has 1 fully saturated rings. The SMILES string of the molecule is CN(C)S(=O)(=O)N1CCC[C@@H](C(=O)CCc2ccccc2)C1. The van der Waals surface area contributed by atoms with Crippen molar-refractivity contribution in [2.24, 2.45) is 5.92 Å². The highest BCUT2D eigenvalue weighted by Crippen LogP contribution is 2.22. The molecule has 6 heteroatoms. The summed E-state index contributed by atoms with van der Waals surface area (Å²) in [5, 5.41) is 0. The van der Waals surface area contributed by atoms with Crippen molar-refractivity contribution in [3.63, 3.8) is 0 Å². The largest absolute Gasteiger partial charge is 0.299 e. The number of carbonyl (C=O) groups excluding carboxylic acids is 1. The van der Waals surface area contributed by atoms with E-state index < -0.39 is 10.2 Å². The van der Waals surface area contributed by atoms with Crippen LogP contribution in [0.2, 0.25) is 0 Å². The molecule has 1 saturated heterocycles. The van der Waals surface area contributed by atoms with Crippen LogP contribution in [0.4, 0.5) is 0 Å². The van der Waals surface area contributed by atoms with Crippen molar-refractivity contribution < 1.29 is 13.2 Å². The summed E-state index contributed by atoms with van der Waals surface area (Å²) in [7, 11) is -0.371. The molecule has 0 spiro atoms. The van der Waals surface area contributed by atoms with E-state index in [2.05, 4.69) is 0 Å². The zero-order valence-electron chi connectivity index (χ0n) is 13.2. The molecule has 1 atom stereocenters. The average molecular weight is 324 g/mol. The Morgan fingerprint density at radius 3 is 2.59 bits per heavy atom. The monoisotopic (exact) mass is 324 g/mol. The van der Waals surface area contributed by atoms with E-state index in [1.807, 2.05) is 30.3 Å². The molecule has 1 aromatic carbocycles. The molecule has 1 aliphatic heterocycles. The van der Waals surface area contributed by atoms with Gasteiger partial charge in [-0.15, -0.1) is 0 Å². The van der Waals surface area contributed by atoms with E-state index in [0.717, 1.165) is 24.8 Å². The summed E-state index contributed by atoms with van der Waals surface area (Å²) in [6, 6.07) is 9.90.